The van der Waals surface area contributed by atoms with Crippen LogP contribution < -0.4 is 20.7 Å². The molecule has 2 saturated heterocycles. The standard InChI is InChI=1S/C34H35F3N4O9S2.H2/c1-17-25-28(42)41(34(9-10-34)30(43)39-52(45,46)33(2)7-8-33)32(44)40(29(25)51-26(17)27-38-11-12-47-27)16-24(49-21-14-19-4-5-20(15-21)48-19)22-13-18(35)3-6-23(22)50-31(36)37;/h3,6,11-13,19-21,24,31H,4-5,7-10,14-16H2,1-2H3,(H,39,43);1H/t19-,20+,21?,24-;/m0./s1. The van der Waals surface area contributed by atoms with Crippen LogP contribution in [-0.4, -0.2) is 58.1 Å². The van der Waals surface area contributed by atoms with E-state index in [1.165, 1.54) is 24.0 Å². The highest BCUT2D eigenvalue weighted by Crippen LogP contribution is 2.46. The Balaban J connectivity index is 0.00000435. The first-order valence-electron chi connectivity index (χ1n) is 17.0. The van der Waals surface area contributed by atoms with E-state index in [9.17, 15) is 36.0 Å². The van der Waals surface area contributed by atoms with Gasteiger partial charge in [-0.15, -0.1) is 11.3 Å². The zero-order chi connectivity index (χ0) is 36.7. The third-order valence-corrected chi connectivity index (χ3v) is 14.2. The molecule has 0 radical (unpaired) electrons. The molecule has 2 aliphatic heterocycles. The molecule has 280 valence electrons. The van der Waals surface area contributed by atoms with Crippen molar-refractivity contribution in [2.24, 2.45) is 0 Å². The molecule has 4 fully saturated rings. The molecule has 18 heteroatoms. The Morgan fingerprint density at radius 1 is 1.17 bits per heavy atom. The summed E-state index contributed by atoms with van der Waals surface area (Å²) in [6.45, 7) is -0.547. The minimum absolute atomic E-state index is 0. The Morgan fingerprint density at radius 3 is 2.50 bits per heavy atom. The number of oxazole rings is 1. The van der Waals surface area contributed by atoms with Crippen LogP contribution >= 0.6 is 11.3 Å². The van der Waals surface area contributed by atoms with Crippen LogP contribution in [0.1, 0.15) is 76.9 Å². The summed E-state index contributed by atoms with van der Waals surface area (Å²) >= 11 is 1.01. The maximum Gasteiger partial charge on any atom is 0.387 e. The summed E-state index contributed by atoms with van der Waals surface area (Å²) in [4.78, 5) is 47.7. The van der Waals surface area contributed by atoms with Gasteiger partial charge in [-0.05, 0) is 89.0 Å². The lowest BCUT2D eigenvalue weighted by molar-refractivity contribution is -0.124. The third-order valence-electron chi connectivity index (χ3n) is 10.7. The first-order valence-corrected chi connectivity index (χ1v) is 19.3. The van der Waals surface area contributed by atoms with Crippen molar-refractivity contribution in [2.45, 2.75) is 113 Å². The van der Waals surface area contributed by atoms with E-state index in [1.54, 1.807) is 6.92 Å². The fraction of sp³-hybridized carbons (Fsp3) is 0.529. The van der Waals surface area contributed by atoms with Crippen molar-refractivity contribution >= 4 is 37.5 Å². The fourth-order valence-electron chi connectivity index (χ4n) is 7.39. The summed E-state index contributed by atoms with van der Waals surface area (Å²) in [5.41, 5.74) is -3.32. The van der Waals surface area contributed by atoms with Crippen LogP contribution in [0.4, 0.5) is 13.2 Å². The van der Waals surface area contributed by atoms with Gasteiger partial charge in [-0.2, -0.15) is 8.78 Å². The number of rotatable bonds is 12. The lowest BCUT2D eigenvalue weighted by Gasteiger charge is -2.32. The van der Waals surface area contributed by atoms with Crippen LogP contribution in [-0.2, 0) is 36.4 Å². The number of nitrogens with one attached hydrogen (secondary N) is 1. The van der Waals surface area contributed by atoms with Gasteiger partial charge in [0.1, 0.15) is 34.3 Å². The van der Waals surface area contributed by atoms with Crippen molar-refractivity contribution in [2.75, 3.05) is 0 Å². The minimum Gasteiger partial charge on any atom is -0.444 e. The van der Waals surface area contributed by atoms with Gasteiger partial charge in [-0.1, -0.05) is 0 Å². The highest BCUT2D eigenvalue weighted by Gasteiger charge is 2.58. The Bertz CT molecular complexity index is 2290. The monoisotopic (exact) mass is 766 g/mol. The second-order valence-electron chi connectivity index (χ2n) is 14.3. The van der Waals surface area contributed by atoms with Crippen LogP contribution in [0.5, 0.6) is 5.75 Å². The summed E-state index contributed by atoms with van der Waals surface area (Å²) in [5, 5.41) is 0.0417. The predicted octanol–water partition coefficient (Wildman–Crippen LogP) is 5.13. The molecule has 2 bridgehead atoms. The topological polar surface area (TPSA) is 161 Å². The highest BCUT2D eigenvalue weighted by molar-refractivity contribution is 7.91. The molecular formula is C34H37F3N4O9S2. The molecule has 2 aliphatic carbocycles. The number of fused-ring (bicyclic) bond motifs is 3. The first-order chi connectivity index (χ1) is 24.7. The largest absolute Gasteiger partial charge is 0.444 e. The molecule has 1 N–H and O–H groups in total. The van der Waals surface area contributed by atoms with Crippen molar-refractivity contribution in [1.82, 2.24) is 18.8 Å². The average Bonchev–Trinajstić information content (AvgIpc) is 3.89. The molecule has 8 rings (SSSR count). The van der Waals surface area contributed by atoms with Crippen molar-refractivity contribution < 1.29 is 46.4 Å². The van der Waals surface area contributed by atoms with E-state index < -0.39 is 68.6 Å². The third kappa shape index (κ3) is 5.96. The molecule has 2 saturated carbocycles. The van der Waals surface area contributed by atoms with Crippen molar-refractivity contribution in [3.63, 3.8) is 0 Å². The first kappa shape index (κ1) is 35.1. The number of ether oxygens (including phenoxy) is 3. The Morgan fingerprint density at radius 2 is 1.88 bits per heavy atom. The van der Waals surface area contributed by atoms with Crippen LogP contribution in [0, 0.1) is 12.7 Å². The molecule has 3 aromatic heterocycles. The van der Waals surface area contributed by atoms with Crippen molar-refractivity contribution in [3.8, 4) is 16.5 Å². The van der Waals surface area contributed by atoms with E-state index in [2.05, 4.69) is 9.71 Å². The van der Waals surface area contributed by atoms with E-state index in [0.29, 0.717) is 36.1 Å². The van der Waals surface area contributed by atoms with E-state index in [1.807, 2.05) is 0 Å². The van der Waals surface area contributed by atoms with Crippen LogP contribution in [0.2, 0.25) is 0 Å². The Kier molecular flexibility index (Phi) is 8.46. The molecule has 0 spiro atoms. The quantitative estimate of drug-likeness (QED) is 0.205. The smallest absolute Gasteiger partial charge is 0.387 e. The summed E-state index contributed by atoms with van der Waals surface area (Å²) in [5.74, 6) is -1.98. The number of hydrogen-bond acceptors (Lipinski definition) is 11. The van der Waals surface area contributed by atoms with Gasteiger partial charge < -0.3 is 18.6 Å². The van der Waals surface area contributed by atoms with E-state index in [-0.39, 0.29) is 53.9 Å². The van der Waals surface area contributed by atoms with Gasteiger partial charge in [-0.3, -0.25) is 18.9 Å². The minimum atomic E-state index is -4.13. The maximum atomic E-state index is 14.9. The zero-order valence-corrected chi connectivity index (χ0v) is 29.7. The number of aromatic nitrogens is 3. The van der Waals surface area contributed by atoms with Crippen molar-refractivity contribution in [1.29, 1.82) is 0 Å². The molecule has 4 aromatic rings. The number of alkyl halides is 2. The number of benzene rings is 1. The number of carbonyl (C=O) groups excluding carboxylic acids is 1. The van der Waals surface area contributed by atoms with Gasteiger partial charge in [0.05, 0.1) is 46.1 Å². The summed E-state index contributed by atoms with van der Waals surface area (Å²) in [6, 6.07) is 3.03. The predicted molar refractivity (Wildman–Crippen MR) is 182 cm³/mol. The maximum absolute atomic E-state index is 14.9. The zero-order valence-electron chi connectivity index (χ0n) is 28.1. The number of hydrogen-bond donors (Lipinski definition) is 1. The van der Waals surface area contributed by atoms with Gasteiger partial charge >= 0.3 is 12.3 Å². The number of sulfonamides is 1. The van der Waals surface area contributed by atoms with Crippen LogP contribution in [0.25, 0.3) is 21.0 Å². The second-order valence-corrected chi connectivity index (χ2v) is 17.5. The van der Waals surface area contributed by atoms with Gasteiger partial charge in [0.15, 0.2) is 0 Å². The molecule has 13 nitrogen and oxygen atoms in total. The molecule has 5 heterocycles. The van der Waals surface area contributed by atoms with Crippen molar-refractivity contribution in [3.05, 3.63) is 68.4 Å². The second kappa shape index (κ2) is 12.6. The van der Waals surface area contributed by atoms with Crippen LogP contribution in [0.3, 0.4) is 0 Å². The molecule has 1 amide bonds. The highest BCUT2D eigenvalue weighted by atomic mass is 32.2. The van der Waals surface area contributed by atoms with Gasteiger partial charge in [0.2, 0.25) is 15.9 Å². The number of nitrogens with zero attached hydrogens (tertiary/aromatic N) is 3. The Labute approximate surface area is 300 Å². The molecule has 4 aliphatic rings. The number of aryl methyl sites for hydroxylation is 1. The summed E-state index contributed by atoms with van der Waals surface area (Å²) < 4.78 is 94.3. The fourth-order valence-corrected chi connectivity index (χ4v) is 9.95. The SMILES string of the molecule is Cc1c(-c2ncco2)sc2c1c(=O)n(C1(C(=O)NS(=O)(=O)C3(C)CC3)CC1)c(=O)n2C[C@H](OC1C[C@H]2CC[C@@H](C1)O2)c1cc(F)ccc1OC(F)F.[HH]. The summed E-state index contributed by atoms with van der Waals surface area (Å²) in [7, 11) is -4.13. The molecule has 1 aromatic carbocycles. The normalized spacial score (nSPS) is 23.5. The molecule has 1 unspecified atom stereocenters. The number of amides is 1. The summed E-state index contributed by atoms with van der Waals surface area (Å²) in [6.07, 6.45) is 4.14. The van der Waals surface area contributed by atoms with E-state index in [4.69, 9.17) is 18.6 Å². The van der Waals surface area contributed by atoms with Crippen LogP contribution in [0.15, 0.2) is 44.7 Å². The molecule has 52 heavy (non-hydrogen) atoms. The van der Waals surface area contributed by atoms with E-state index in [0.717, 1.165) is 46.9 Å². The Hall–Kier alpha value is -4.00. The molecule has 4 atom stereocenters. The van der Waals surface area contributed by atoms with E-state index >= 15 is 0 Å². The lowest BCUT2D eigenvalue weighted by atomic mass is 10.0. The van der Waals surface area contributed by atoms with Gasteiger partial charge in [0, 0.05) is 6.99 Å². The number of carbonyl (C=O) groups is 1. The average molecular weight is 767 g/mol. The molecular weight excluding hydrogens is 730 g/mol. The van der Waals surface area contributed by atoms with Gasteiger partial charge in [0.25, 0.3) is 11.5 Å². The lowest BCUT2D eigenvalue weighted by Crippen LogP contribution is -2.53. The number of halogens is 3. The van der Waals surface area contributed by atoms with Gasteiger partial charge in [-0.25, -0.2) is 27.2 Å². The number of thiophene rings is 1.